The van der Waals surface area contributed by atoms with E-state index in [9.17, 15) is 4.79 Å². The number of carbonyl (C=O) groups is 1. The fraction of sp³-hybridized carbons (Fsp3) is 0.588. The van der Waals surface area contributed by atoms with Gasteiger partial charge in [-0.2, -0.15) is 0 Å². The van der Waals surface area contributed by atoms with Crippen molar-refractivity contribution in [2.75, 3.05) is 11.9 Å². The van der Waals surface area contributed by atoms with E-state index in [2.05, 4.69) is 19.2 Å². The molecule has 0 aromatic heterocycles. The summed E-state index contributed by atoms with van der Waals surface area (Å²) in [4.78, 5) is 11.9. The highest BCUT2D eigenvalue weighted by Gasteiger charge is 2.08. The van der Waals surface area contributed by atoms with Gasteiger partial charge in [-0.1, -0.05) is 19.9 Å². The number of nitrogens with two attached hydrogens (primary N) is 1. The predicted molar refractivity (Wildman–Crippen MR) is 87.5 cm³/mol. The van der Waals surface area contributed by atoms with Crippen LogP contribution in [-0.4, -0.2) is 18.6 Å². The molecule has 1 aromatic rings. The highest BCUT2D eigenvalue weighted by molar-refractivity contribution is 5.90. The van der Waals surface area contributed by atoms with E-state index in [4.69, 9.17) is 10.5 Å². The second-order valence-corrected chi connectivity index (χ2v) is 5.63. The molecule has 0 saturated carbocycles. The SMILES string of the molecule is CCC(C)Oc1cccc(NC(=O)CCC(C)CCN)c1. The molecule has 1 aromatic carbocycles. The molecule has 2 atom stereocenters. The number of nitrogens with one attached hydrogen (secondary N) is 1. The van der Waals surface area contributed by atoms with Gasteiger partial charge in [0.15, 0.2) is 0 Å². The van der Waals surface area contributed by atoms with Crippen molar-refractivity contribution in [3.63, 3.8) is 0 Å². The van der Waals surface area contributed by atoms with Gasteiger partial charge in [-0.25, -0.2) is 0 Å². The van der Waals surface area contributed by atoms with Crippen molar-refractivity contribution in [3.05, 3.63) is 24.3 Å². The maximum atomic E-state index is 11.9. The normalized spacial score (nSPS) is 13.5. The van der Waals surface area contributed by atoms with Crippen LogP contribution in [0.2, 0.25) is 0 Å². The van der Waals surface area contributed by atoms with E-state index in [1.807, 2.05) is 31.2 Å². The van der Waals surface area contributed by atoms with Crippen LogP contribution in [0, 0.1) is 5.92 Å². The van der Waals surface area contributed by atoms with E-state index >= 15 is 0 Å². The van der Waals surface area contributed by atoms with Crippen molar-refractivity contribution in [1.82, 2.24) is 0 Å². The van der Waals surface area contributed by atoms with Crippen molar-refractivity contribution in [3.8, 4) is 5.75 Å². The van der Waals surface area contributed by atoms with Gasteiger partial charge in [0.2, 0.25) is 5.91 Å². The second-order valence-electron chi connectivity index (χ2n) is 5.63. The second kappa shape index (κ2) is 9.40. The molecule has 0 aliphatic rings. The van der Waals surface area contributed by atoms with Crippen LogP contribution in [0.1, 0.15) is 46.5 Å². The first-order chi connectivity index (χ1) is 10.0. The molecule has 0 aliphatic carbocycles. The number of anilines is 1. The number of hydrogen-bond acceptors (Lipinski definition) is 3. The molecule has 0 radical (unpaired) electrons. The lowest BCUT2D eigenvalue weighted by Gasteiger charge is -2.14. The van der Waals surface area contributed by atoms with E-state index in [0.717, 1.165) is 30.7 Å². The molecule has 2 unspecified atom stereocenters. The van der Waals surface area contributed by atoms with Gasteiger partial charge >= 0.3 is 0 Å². The van der Waals surface area contributed by atoms with Gasteiger partial charge in [0.1, 0.15) is 5.75 Å². The summed E-state index contributed by atoms with van der Waals surface area (Å²) in [7, 11) is 0. The molecule has 21 heavy (non-hydrogen) atoms. The van der Waals surface area contributed by atoms with Gasteiger partial charge in [0.25, 0.3) is 0 Å². The molecular weight excluding hydrogens is 264 g/mol. The first kappa shape index (κ1) is 17.5. The molecule has 0 saturated heterocycles. The van der Waals surface area contributed by atoms with Gasteiger partial charge in [0, 0.05) is 18.2 Å². The minimum atomic E-state index is 0.0413. The average molecular weight is 292 g/mol. The highest BCUT2D eigenvalue weighted by atomic mass is 16.5. The number of ether oxygens (including phenoxy) is 1. The molecule has 3 N–H and O–H groups in total. The summed E-state index contributed by atoms with van der Waals surface area (Å²) in [5.74, 6) is 1.32. The molecular formula is C17H28N2O2. The molecule has 1 rings (SSSR count). The van der Waals surface area contributed by atoms with E-state index in [0.29, 0.717) is 18.9 Å². The summed E-state index contributed by atoms with van der Waals surface area (Å²) in [6, 6.07) is 7.55. The van der Waals surface area contributed by atoms with E-state index < -0.39 is 0 Å². The Kier molecular flexibility index (Phi) is 7.83. The molecule has 118 valence electrons. The first-order valence-electron chi connectivity index (χ1n) is 7.81. The third-order valence-corrected chi connectivity index (χ3v) is 3.55. The molecule has 0 heterocycles. The minimum absolute atomic E-state index is 0.0413. The molecule has 0 spiro atoms. The van der Waals surface area contributed by atoms with Crippen LogP contribution in [-0.2, 0) is 4.79 Å². The molecule has 4 nitrogen and oxygen atoms in total. The topological polar surface area (TPSA) is 64.3 Å². The van der Waals surface area contributed by atoms with Gasteiger partial charge in [0.05, 0.1) is 6.10 Å². The highest BCUT2D eigenvalue weighted by Crippen LogP contribution is 2.20. The molecule has 0 bridgehead atoms. The van der Waals surface area contributed by atoms with Crippen LogP contribution < -0.4 is 15.8 Å². The third kappa shape index (κ3) is 7.14. The smallest absolute Gasteiger partial charge is 0.224 e. The zero-order valence-electron chi connectivity index (χ0n) is 13.4. The monoisotopic (exact) mass is 292 g/mol. The standard InChI is InChI=1S/C17H28N2O2/c1-4-14(3)21-16-7-5-6-15(12-16)19-17(20)9-8-13(2)10-11-18/h5-7,12-14H,4,8-11,18H2,1-3H3,(H,19,20). The van der Waals surface area contributed by atoms with Crippen LogP contribution in [0.5, 0.6) is 5.75 Å². The van der Waals surface area contributed by atoms with E-state index in [1.54, 1.807) is 0 Å². The number of rotatable bonds is 9. The van der Waals surface area contributed by atoms with E-state index in [-0.39, 0.29) is 12.0 Å². The molecule has 1 amide bonds. The Labute approximate surface area is 128 Å². The van der Waals surface area contributed by atoms with Crippen LogP contribution >= 0.6 is 0 Å². The van der Waals surface area contributed by atoms with Crippen LogP contribution in [0.15, 0.2) is 24.3 Å². The lowest BCUT2D eigenvalue weighted by molar-refractivity contribution is -0.116. The van der Waals surface area contributed by atoms with Crippen molar-refractivity contribution < 1.29 is 9.53 Å². The zero-order valence-corrected chi connectivity index (χ0v) is 13.4. The van der Waals surface area contributed by atoms with E-state index in [1.165, 1.54) is 0 Å². The van der Waals surface area contributed by atoms with Gasteiger partial charge < -0.3 is 15.8 Å². The summed E-state index contributed by atoms with van der Waals surface area (Å²) in [5, 5.41) is 2.92. The summed E-state index contributed by atoms with van der Waals surface area (Å²) >= 11 is 0. The van der Waals surface area contributed by atoms with Crippen molar-refractivity contribution in [2.45, 2.75) is 52.6 Å². The summed E-state index contributed by atoms with van der Waals surface area (Å²) in [6.07, 6.45) is 3.48. The third-order valence-electron chi connectivity index (χ3n) is 3.55. The Morgan fingerprint density at radius 1 is 1.33 bits per heavy atom. The predicted octanol–water partition coefficient (Wildman–Crippen LogP) is 3.57. The maximum absolute atomic E-state index is 11.9. The summed E-state index contributed by atoms with van der Waals surface area (Å²) < 4.78 is 5.75. The number of amides is 1. The van der Waals surface area contributed by atoms with Crippen LogP contribution in [0.4, 0.5) is 5.69 Å². The Morgan fingerprint density at radius 2 is 2.10 bits per heavy atom. The number of benzene rings is 1. The van der Waals surface area contributed by atoms with Gasteiger partial charge in [-0.05, 0) is 50.8 Å². The lowest BCUT2D eigenvalue weighted by atomic mass is 10.0. The quantitative estimate of drug-likeness (QED) is 0.731. The number of hydrogen-bond donors (Lipinski definition) is 2. The van der Waals surface area contributed by atoms with Gasteiger partial charge in [-0.15, -0.1) is 0 Å². The molecule has 0 aliphatic heterocycles. The van der Waals surface area contributed by atoms with Crippen LogP contribution in [0.3, 0.4) is 0 Å². The number of carbonyl (C=O) groups excluding carboxylic acids is 1. The summed E-state index contributed by atoms with van der Waals surface area (Å²) in [6.45, 7) is 6.92. The lowest BCUT2D eigenvalue weighted by Crippen LogP contribution is -2.14. The molecule has 4 heteroatoms. The van der Waals surface area contributed by atoms with Gasteiger partial charge in [-0.3, -0.25) is 4.79 Å². The Hall–Kier alpha value is -1.55. The Bertz CT molecular complexity index is 435. The zero-order chi connectivity index (χ0) is 15.7. The van der Waals surface area contributed by atoms with Crippen molar-refractivity contribution in [1.29, 1.82) is 0 Å². The van der Waals surface area contributed by atoms with Crippen molar-refractivity contribution in [2.24, 2.45) is 11.7 Å². The fourth-order valence-corrected chi connectivity index (χ4v) is 1.99. The summed E-state index contributed by atoms with van der Waals surface area (Å²) in [5.41, 5.74) is 6.30. The Balaban J connectivity index is 2.46. The molecule has 0 fully saturated rings. The average Bonchev–Trinajstić information content (AvgIpc) is 2.45. The maximum Gasteiger partial charge on any atom is 0.224 e. The largest absolute Gasteiger partial charge is 0.491 e. The fourth-order valence-electron chi connectivity index (χ4n) is 1.99. The first-order valence-corrected chi connectivity index (χ1v) is 7.81. The Morgan fingerprint density at radius 3 is 2.76 bits per heavy atom. The van der Waals surface area contributed by atoms with Crippen molar-refractivity contribution >= 4 is 11.6 Å². The minimum Gasteiger partial charge on any atom is -0.491 e. The van der Waals surface area contributed by atoms with Crippen LogP contribution in [0.25, 0.3) is 0 Å².